The van der Waals surface area contributed by atoms with Crippen molar-refractivity contribution in [1.29, 1.82) is 0 Å². The fourth-order valence-corrected chi connectivity index (χ4v) is 5.54. The largest absolute Gasteiger partial charge is 0.0620 e. The van der Waals surface area contributed by atoms with Gasteiger partial charge < -0.3 is 0 Å². The van der Waals surface area contributed by atoms with Gasteiger partial charge in [-0.15, -0.1) is 0 Å². The van der Waals surface area contributed by atoms with Gasteiger partial charge in [0.05, 0.1) is 0 Å². The topological polar surface area (TPSA) is 0 Å². The Hall–Kier alpha value is -3.12. The van der Waals surface area contributed by atoms with E-state index in [2.05, 4.69) is 135 Å². The molecule has 0 saturated carbocycles. The van der Waals surface area contributed by atoms with Crippen molar-refractivity contribution in [3.63, 3.8) is 0 Å². The lowest BCUT2D eigenvalue weighted by Gasteiger charge is -2.26. The van der Waals surface area contributed by atoms with E-state index in [9.17, 15) is 0 Å². The second-order valence-electron chi connectivity index (χ2n) is 12.2. The minimum Gasteiger partial charge on any atom is -0.0620 e. The van der Waals surface area contributed by atoms with E-state index in [0.717, 1.165) is 0 Å². The van der Waals surface area contributed by atoms with E-state index in [-0.39, 0.29) is 10.8 Å². The van der Waals surface area contributed by atoms with Gasteiger partial charge in [0.15, 0.2) is 0 Å². The minimum absolute atomic E-state index is 0.0450. The van der Waals surface area contributed by atoms with Gasteiger partial charge in [-0.25, -0.2) is 0 Å². The van der Waals surface area contributed by atoms with Gasteiger partial charge in [-0.3, -0.25) is 0 Å². The molecule has 1 radical (unpaired) electrons. The maximum atomic E-state index is 2.47. The lowest BCUT2D eigenvalue weighted by Crippen LogP contribution is -2.14. The first-order valence-corrected chi connectivity index (χ1v) is 12.8. The van der Waals surface area contributed by atoms with Gasteiger partial charge in [-0.05, 0) is 116 Å². The van der Waals surface area contributed by atoms with Crippen LogP contribution in [0.1, 0.15) is 74.9 Å². The van der Waals surface area contributed by atoms with Gasteiger partial charge >= 0.3 is 0 Å². The summed E-state index contributed by atoms with van der Waals surface area (Å²) in [6, 6.07) is 27.4. The van der Waals surface area contributed by atoms with Gasteiger partial charge in [-0.2, -0.15) is 0 Å². The second-order valence-corrected chi connectivity index (χ2v) is 12.2. The molecule has 0 amide bonds. The summed E-state index contributed by atoms with van der Waals surface area (Å²) in [4.78, 5) is 0. The molecule has 0 unspecified atom stereocenters. The summed E-state index contributed by atoms with van der Waals surface area (Å²) in [5.74, 6) is 0. The molecule has 177 valence electrons. The highest BCUT2D eigenvalue weighted by atomic mass is 14.3. The first-order chi connectivity index (χ1) is 16.4. The molecule has 0 aliphatic heterocycles. The molecule has 1 aliphatic rings. The Bertz CT molecular complexity index is 1320. The number of fused-ring (bicyclic) bond motifs is 3. The van der Waals surface area contributed by atoms with E-state index in [1.807, 2.05) is 0 Å². The zero-order valence-corrected chi connectivity index (χ0v) is 22.5. The maximum Gasteiger partial charge on any atom is 0.0212 e. The fourth-order valence-electron chi connectivity index (χ4n) is 5.54. The molecule has 1 aliphatic carbocycles. The normalized spacial score (nSPS) is 13.0. The van der Waals surface area contributed by atoms with E-state index in [0.29, 0.717) is 0 Å². The summed E-state index contributed by atoms with van der Waals surface area (Å²) in [7, 11) is 0. The third-order valence-corrected chi connectivity index (χ3v) is 7.47. The lowest BCUT2D eigenvalue weighted by atomic mass is 9.78. The highest BCUT2D eigenvalue weighted by Gasteiger charge is 2.29. The summed E-state index contributed by atoms with van der Waals surface area (Å²) < 4.78 is 0. The Kier molecular flexibility index (Phi) is 5.55. The molecule has 0 N–H and O–H groups in total. The van der Waals surface area contributed by atoms with Crippen LogP contribution >= 0.6 is 0 Å². The summed E-state index contributed by atoms with van der Waals surface area (Å²) in [6.45, 7) is 18.4. The summed E-state index contributed by atoms with van der Waals surface area (Å²) in [6.07, 6.45) is 2.40. The van der Waals surface area contributed by atoms with Gasteiger partial charge in [0, 0.05) is 6.42 Å². The average Bonchev–Trinajstić information content (AvgIpc) is 3.13. The van der Waals surface area contributed by atoms with E-state index in [4.69, 9.17) is 0 Å². The molecule has 4 aromatic rings. The third-order valence-electron chi connectivity index (χ3n) is 7.47. The number of benzene rings is 4. The predicted molar refractivity (Wildman–Crippen MR) is 152 cm³/mol. The Balaban J connectivity index is 1.76. The van der Waals surface area contributed by atoms with Crippen molar-refractivity contribution in [3.8, 4) is 33.4 Å². The molecule has 5 rings (SSSR count). The van der Waals surface area contributed by atoms with Crippen LogP contribution in [0, 0.1) is 20.3 Å². The molecule has 0 fully saturated rings. The Morgan fingerprint density at radius 3 is 1.14 bits per heavy atom. The van der Waals surface area contributed by atoms with Crippen LogP contribution in [0.25, 0.3) is 33.4 Å². The molecule has 4 aromatic carbocycles. The SMILES string of the molecule is Cc1ccccc1-c1cc2c(cc1C(C)(C)C)-c1cc(C(C)(C)C)c(-c3ccccc3C)cc1[CH]2. The Morgan fingerprint density at radius 1 is 0.429 bits per heavy atom. The van der Waals surface area contributed by atoms with Crippen LogP contribution in [-0.4, -0.2) is 0 Å². The molecule has 0 nitrogen and oxygen atoms in total. The zero-order chi connectivity index (χ0) is 25.1. The maximum absolute atomic E-state index is 2.47. The number of aryl methyl sites for hydroxylation is 2. The highest BCUT2D eigenvalue weighted by Crippen LogP contribution is 2.48. The van der Waals surface area contributed by atoms with Crippen molar-refractivity contribution in [1.82, 2.24) is 0 Å². The molecular formula is C35H37. The first-order valence-electron chi connectivity index (χ1n) is 12.8. The molecule has 0 saturated heterocycles. The number of hydrogen-bond donors (Lipinski definition) is 0. The number of rotatable bonds is 2. The second kappa shape index (κ2) is 8.23. The Morgan fingerprint density at radius 2 is 0.800 bits per heavy atom. The molecule has 0 bridgehead atoms. The van der Waals surface area contributed by atoms with Crippen LogP contribution < -0.4 is 0 Å². The van der Waals surface area contributed by atoms with Crippen LogP contribution in [-0.2, 0) is 10.8 Å². The standard InChI is InChI=1S/C35H37/c1-22-13-9-11-15-26(22)30-18-24-17-25-19-31(27-16-12-10-14-23(27)2)33(35(6,7)8)21-29(25)28(24)20-32(30)34(3,4)5/h9-21H,1-8H3. The quantitative estimate of drug-likeness (QED) is 0.247. The minimum atomic E-state index is 0.0450. The van der Waals surface area contributed by atoms with Gasteiger partial charge in [0.2, 0.25) is 0 Å². The zero-order valence-electron chi connectivity index (χ0n) is 22.5. The summed E-state index contributed by atoms with van der Waals surface area (Å²) in [5.41, 5.74) is 16.3. The van der Waals surface area contributed by atoms with Gasteiger partial charge in [0.25, 0.3) is 0 Å². The highest BCUT2D eigenvalue weighted by molar-refractivity contribution is 5.89. The van der Waals surface area contributed by atoms with Crippen molar-refractivity contribution < 1.29 is 0 Å². The molecule has 0 aromatic heterocycles. The van der Waals surface area contributed by atoms with Crippen LogP contribution in [0.15, 0.2) is 72.8 Å². The monoisotopic (exact) mass is 457 g/mol. The van der Waals surface area contributed by atoms with Gasteiger partial charge in [0.1, 0.15) is 0 Å². The van der Waals surface area contributed by atoms with Crippen molar-refractivity contribution in [3.05, 3.63) is 113 Å². The molecule has 35 heavy (non-hydrogen) atoms. The van der Waals surface area contributed by atoms with E-state index >= 15 is 0 Å². The average molecular weight is 458 g/mol. The van der Waals surface area contributed by atoms with E-state index in [1.54, 1.807) is 0 Å². The van der Waals surface area contributed by atoms with Crippen LogP contribution in [0.5, 0.6) is 0 Å². The van der Waals surface area contributed by atoms with Crippen molar-refractivity contribution in [2.45, 2.75) is 66.2 Å². The molecular weight excluding hydrogens is 420 g/mol. The van der Waals surface area contributed by atoms with Crippen LogP contribution in [0.2, 0.25) is 0 Å². The summed E-state index contributed by atoms with van der Waals surface area (Å²) in [5, 5.41) is 0. The number of hydrogen-bond acceptors (Lipinski definition) is 0. The molecule has 0 spiro atoms. The van der Waals surface area contributed by atoms with Crippen LogP contribution in [0.3, 0.4) is 0 Å². The third kappa shape index (κ3) is 4.14. The molecule has 0 atom stereocenters. The predicted octanol–water partition coefficient (Wildman–Crippen LogP) is 9.81. The smallest absolute Gasteiger partial charge is 0.0212 e. The molecule has 0 heteroatoms. The summed E-state index contributed by atoms with van der Waals surface area (Å²) >= 11 is 0. The van der Waals surface area contributed by atoms with Gasteiger partial charge in [-0.1, -0.05) is 90.1 Å². The van der Waals surface area contributed by atoms with E-state index < -0.39 is 0 Å². The van der Waals surface area contributed by atoms with Crippen molar-refractivity contribution in [2.75, 3.05) is 0 Å². The van der Waals surface area contributed by atoms with E-state index in [1.165, 1.54) is 66.8 Å². The first kappa shape index (κ1) is 23.6. The van der Waals surface area contributed by atoms with Crippen molar-refractivity contribution >= 4 is 0 Å². The fraction of sp³-hybridized carbons (Fsp3) is 0.286. The lowest BCUT2D eigenvalue weighted by molar-refractivity contribution is 0.591. The van der Waals surface area contributed by atoms with Crippen molar-refractivity contribution in [2.24, 2.45) is 0 Å². The van der Waals surface area contributed by atoms with Crippen LogP contribution in [0.4, 0.5) is 0 Å². The molecule has 0 heterocycles. The Labute approximate surface area is 212 Å².